The Labute approximate surface area is 189 Å². The number of hydrogen-bond acceptors (Lipinski definition) is 4. The van der Waals surface area contributed by atoms with Crippen LogP contribution in [0.5, 0.6) is 0 Å². The van der Waals surface area contributed by atoms with Crippen LogP contribution in [0.25, 0.3) is 10.8 Å². The lowest BCUT2D eigenvalue weighted by atomic mass is 9.96. The molecular formula is C27H31N3O2. The molecule has 0 bridgehead atoms. The Balaban J connectivity index is 1.36. The van der Waals surface area contributed by atoms with E-state index in [0.717, 1.165) is 62.4 Å². The fourth-order valence-corrected chi connectivity index (χ4v) is 4.94. The molecule has 0 aromatic heterocycles. The summed E-state index contributed by atoms with van der Waals surface area (Å²) in [6.45, 7) is 6.61. The van der Waals surface area contributed by atoms with E-state index in [1.54, 1.807) is 0 Å². The van der Waals surface area contributed by atoms with Crippen LogP contribution in [0, 0.1) is 6.92 Å². The predicted octanol–water partition coefficient (Wildman–Crippen LogP) is 3.68. The Morgan fingerprint density at radius 2 is 1.75 bits per heavy atom. The van der Waals surface area contributed by atoms with Gasteiger partial charge >= 0.3 is 0 Å². The van der Waals surface area contributed by atoms with Gasteiger partial charge in [-0.15, -0.1) is 0 Å². The first-order chi connectivity index (χ1) is 15.6. The Morgan fingerprint density at radius 1 is 1.00 bits per heavy atom. The number of anilines is 1. The summed E-state index contributed by atoms with van der Waals surface area (Å²) < 4.78 is 0. The number of carbonyl (C=O) groups excluding carboxylic acids is 1. The number of nitrogens with one attached hydrogen (secondary N) is 1. The van der Waals surface area contributed by atoms with Gasteiger partial charge in [0, 0.05) is 44.0 Å². The molecule has 2 fully saturated rings. The van der Waals surface area contributed by atoms with Crippen molar-refractivity contribution in [3.63, 3.8) is 0 Å². The smallest absolute Gasteiger partial charge is 0.252 e. The van der Waals surface area contributed by atoms with Crippen LogP contribution in [0.3, 0.4) is 0 Å². The van der Waals surface area contributed by atoms with Gasteiger partial charge in [0.2, 0.25) is 0 Å². The molecule has 0 unspecified atom stereocenters. The van der Waals surface area contributed by atoms with Crippen LogP contribution in [0.2, 0.25) is 0 Å². The first kappa shape index (κ1) is 21.0. The number of benzene rings is 3. The summed E-state index contributed by atoms with van der Waals surface area (Å²) >= 11 is 0. The number of rotatable bonds is 6. The first-order valence-electron chi connectivity index (χ1n) is 11.6. The van der Waals surface area contributed by atoms with E-state index in [0.29, 0.717) is 0 Å². The molecule has 5 nitrogen and oxygen atoms in total. The number of amides is 1. The van der Waals surface area contributed by atoms with Crippen LogP contribution in [0.1, 0.15) is 34.3 Å². The lowest BCUT2D eigenvalue weighted by molar-refractivity contribution is 0.0930. The Kier molecular flexibility index (Phi) is 5.62. The van der Waals surface area contributed by atoms with Gasteiger partial charge in [-0.1, -0.05) is 48.5 Å². The summed E-state index contributed by atoms with van der Waals surface area (Å²) in [5.41, 5.74) is 3.80. The quantitative estimate of drug-likeness (QED) is 0.628. The van der Waals surface area contributed by atoms with Gasteiger partial charge in [-0.3, -0.25) is 9.69 Å². The van der Waals surface area contributed by atoms with Gasteiger partial charge in [-0.2, -0.15) is 0 Å². The van der Waals surface area contributed by atoms with E-state index in [4.69, 9.17) is 5.11 Å². The molecule has 0 spiro atoms. The summed E-state index contributed by atoms with van der Waals surface area (Å²) in [7, 11) is 0. The largest absolute Gasteiger partial charge is 0.395 e. The summed E-state index contributed by atoms with van der Waals surface area (Å²) in [5.74, 6) is 0.00806. The minimum atomic E-state index is -0.268. The van der Waals surface area contributed by atoms with Crippen LogP contribution in [-0.4, -0.2) is 55.2 Å². The van der Waals surface area contributed by atoms with E-state index in [1.165, 1.54) is 16.3 Å². The maximum atomic E-state index is 13.4. The van der Waals surface area contributed by atoms with Crippen molar-refractivity contribution in [1.82, 2.24) is 10.2 Å². The monoisotopic (exact) mass is 429 g/mol. The second-order valence-corrected chi connectivity index (χ2v) is 9.11. The molecule has 2 aliphatic rings. The van der Waals surface area contributed by atoms with Crippen molar-refractivity contribution in [2.45, 2.75) is 25.3 Å². The summed E-state index contributed by atoms with van der Waals surface area (Å²) in [5, 5.41) is 15.0. The van der Waals surface area contributed by atoms with Gasteiger partial charge in [0.15, 0.2) is 0 Å². The average Bonchev–Trinajstić information content (AvgIpc) is 3.60. The Bertz CT molecular complexity index is 1130. The molecule has 2 N–H and O–H groups in total. The van der Waals surface area contributed by atoms with E-state index in [9.17, 15) is 4.79 Å². The maximum absolute atomic E-state index is 13.4. The highest BCUT2D eigenvalue weighted by atomic mass is 16.3. The minimum Gasteiger partial charge on any atom is -0.395 e. The van der Waals surface area contributed by atoms with E-state index in [1.807, 2.05) is 13.0 Å². The SMILES string of the molecule is Cc1ccc(N2CCN(CCO)CC2)cc1C(=O)NC1(c2cccc3ccccc23)CC1. The number of fused-ring (bicyclic) bond motifs is 1. The lowest BCUT2D eigenvalue weighted by Crippen LogP contribution is -2.47. The van der Waals surface area contributed by atoms with Crippen molar-refractivity contribution in [2.75, 3.05) is 44.2 Å². The van der Waals surface area contributed by atoms with Crippen molar-refractivity contribution in [3.05, 3.63) is 77.4 Å². The third-order valence-corrected chi connectivity index (χ3v) is 7.03. The van der Waals surface area contributed by atoms with Crippen molar-refractivity contribution in [2.24, 2.45) is 0 Å². The van der Waals surface area contributed by atoms with Crippen LogP contribution in [-0.2, 0) is 5.54 Å². The summed E-state index contributed by atoms with van der Waals surface area (Å²) in [6.07, 6.45) is 1.94. The fourth-order valence-electron chi connectivity index (χ4n) is 4.94. The van der Waals surface area contributed by atoms with Gasteiger partial charge in [-0.25, -0.2) is 0 Å². The normalized spacial score (nSPS) is 18.0. The molecule has 3 aromatic carbocycles. The van der Waals surface area contributed by atoms with Gasteiger partial charge in [0.05, 0.1) is 12.1 Å². The van der Waals surface area contributed by atoms with Gasteiger partial charge in [0.25, 0.3) is 5.91 Å². The Morgan fingerprint density at radius 3 is 2.50 bits per heavy atom. The highest BCUT2D eigenvalue weighted by Gasteiger charge is 2.46. The van der Waals surface area contributed by atoms with E-state index in [2.05, 4.69) is 69.7 Å². The summed E-state index contributed by atoms with van der Waals surface area (Å²) in [6, 6.07) is 21.0. The molecule has 5 heteroatoms. The molecule has 1 amide bonds. The average molecular weight is 430 g/mol. The molecule has 3 aromatic rings. The zero-order valence-electron chi connectivity index (χ0n) is 18.7. The van der Waals surface area contributed by atoms with Crippen molar-refractivity contribution >= 4 is 22.4 Å². The van der Waals surface area contributed by atoms with E-state index < -0.39 is 0 Å². The van der Waals surface area contributed by atoms with Crippen molar-refractivity contribution in [3.8, 4) is 0 Å². The van der Waals surface area contributed by atoms with Crippen LogP contribution in [0.15, 0.2) is 60.7 Å². The molecule has 166 valence electrons. The number of hydrogen-bond donors (Lipinski definition) is 2. The molecule has 0 radical (unpaired) electrons. The van der Waals surface area contributed by atoms with E-state index in [-0.39, 0.29) is 18.1 Å². The predicted molar refractivity (Wildman–Crippen MR) is 129 cm³/mol. The number of nitrogens with zero attached hydrogens (tertiary/aromatic N) is 2. The highest BCUT2D eigenvalue weighted by Crippen LogP contribution is 2.48. The molecular weight excluding hydrogens is 398 g/mol. The minimum absolute atomic E-state index is 0.00806. The number of carbonyl (C=O) groups is 1. The van der Waals surface area contributed by atoms with Gasteiger partial charge in [-0.05, 0) is 53.8 Å². The second kappa shape index (κ2) is 8.57. The number of aryl methyl sites for hydroxylation is 1. The van der Waals surface area contributed by atoms with Crippen LogP contribution >= 0.6 is 0 Å². The molecule has 1 saturated heterocycles. The number of β-amino-alcohol motifs (C(OH)–C–C–N with tert-alkyl or cyclic N) is 1. The van der Waals surface area contributed by atoms with Crippen LogP contribution < -0.4 is 10.2 Å². The summed E-state index contributed by atoms with van der Waals surface area (Å²) in [4.78, 5) is 18.0. The third kappa shape index (κ3) is 3.98. The molecule has 0 atom stereocenters. The van der Waals surface area contributed by atoms with Crippen molar-refractivity contribution < 1.29 is 9.90 Å². The lowest BCUT2D eigenvalue weighted by Gasteiger charge is -2.36. The van der Waals surface area contributed by atoms with Gasteiger partial charge < -0.3 is 15.3 Å². The fraction of sp³-hybridized carbons (Fsp3) is 0.370. The number of aliphatic hydroxyl groups excluding tert-OH is 1. The molecule has 1 aliphatic carbocycles. The first-order valence-corrected chi connectivity index (χ1v) is 11.6. The zero-order chi connectivity index (χ0) is 22.1. The van der Waals surface area contributed by atoms with Crippen molar-refractivity contribution in [1.29, 1.82) is 0 Å². The molecule has 1 saturated carbocycles. The zero-order valence-corrected chi connectivity index (χ0v) is 18.7. The van der Waals surface area contributed by atoms with E-state index >= 15 is 0 Å². The van der Waals surface area contributed by atoms with Gasteiger partial charge in [0.1, 0.15) is 0 Å². The molecule has 1 aliphatic heterocycles. The number of piperazine rings is 1. The second-order valence-electron chi connectivity index (χ2n) is 9.11. The molecule has 5 rings (SSSR count). The molecule has 1 heterocycles. The molecule has 32 heavy (non-hydrogen) atoms. The Hall–Kier alpha value is -2.89. The third-order valence-electron chi connectivity index (χ3n) is 7.03. The maximum Gasteiger partial charge on any atom is 0.252 e. The van der Waals surface area contributed by atoms with Crippen LogP contribution in [0.4, 0.5) is 5.69 Å². The highest BCUT2D eigenvalue weighted by molar-refractivity contribution is 5.98. The standard InChI is InChI=1S/C27H31N3O2/c1-20-9-10-22(30-15-13-29(14-16-30)17-18-31)19-24(20)26(32)28-27(11-12-27)25-8-4-6-21-5-2-3-7-23(21)25/h2-10,19,31H,11-18H2,1H3,(H,28,32). The topological polar surface area (TPSA) is 55.8 Å². The number of aliphatic hydroxyl groups is 1.